The average molecular weight is 390 g/mol. The zero-order valence-corrected chi connectivity index (χ0v) is 14.2. The van der Waals surface area contributed by atoms with Crippen LogP contribution >= 0.6 is 43.2 Å². The second kappa shape index (κ2) is 6.22. The smallest absolute Gasteiger partial charge is 0.118 e. The van der Waals surface area contributed by atoms with Gasteiger partial charge < -0.3 is 4.74 Å². The normalized spacial score (nSPS) is 12.4. The van der Waals surface area contributed by atoms with Gasteiger partial charge in [-0.25, -0.2) is 0 Å². The first-order chi connectivity index (χ1) is 8.60. The van der Waals surface area contributed by atoms with Gasteiger partial charge in [-0.05, 0) is 58.6 Å². The van der Waals surface area contributed by atoms with Crippen molar-refractivity contribution in [3.05, 3.63) is 50.1 Å². The minimum atomic E-state index is 0.362. The Kier molecular flexibility index (Phi) is 4.87. The molecule has 2 aromatic rings. The lowest BCUT2D eigenvalue weighted by Crippen LogP contribution is -1.93. The van der Waals surface area contributed by atoms with Gasteiger partial charge in [0, 0.05) is 4.88 Å². The molecule has 0 N–H and O–H groups in total. The first-order valence-electron chi connectivity index (χ1n) is 5.63. The minimum absolute atomic E-state index is 0.362. The van der Waals surface area contributed by atoms with Crippen molar-refractivity contribution >= 4 is 43.2 Å². The monoisotopic (exact) mass is 388 g/mol. The highest BCUT2D eigenvalue weighted by Gasteiger charge is 2.13. The van der Waals surface area contributed by atoms with Gasteiger partial charge in [0.15, 0.2) is 0 Å². The number of alkyl halides is 1. The van der Waals surface area contributed by atoms with Crippen LogP contribution in [0.3, 0.4) is 0 Å². The molecule has 0 aliphatic rings. The molecule has 4 heteroatoms. The van der Waals surface area contributed by atoms with Crippen LogP contribution in [-0.2, 0) is 6.42 Å². The van der Waals surface area contributed by atoms with E-state index in [-0.39, 0.29) is 0 Å². The fourth-order valence-electron chi connectivity index (χ4n) is 1.71. The fourth-order valence-corrected chi connectivity index (χ4v) is 4.04. The second-order valence-corrected chi connectivity index (χ2v) is 7.63. The summed E-state index contributed by atoms with van der Waals surface area (Å²) < 4.78 is 6.38. The van der Waals surface area contributed by atoms with Crippen molar-refractivity contribution in [2.24, 2.45) is 0 Å². The molecule has 0 amide bonds. The van der Waals surface area contributed by atoms with Crippen molar-refractivity contribution in [3.63, 3.8) is 0 Å². The van der Waals surface area contributed by atoms with E-state index >= 15 is 0 Å². The molecule has 0 spiro atoms. The molecule has 96 valence electrons. The molecule has 1 aromatic heterocycles. The average Bonchev–Trinajstić information content (AvgIpc) is 2.71. The summed E-state index contributed by atoms with van der Waals surface area (Å²) >= 11 is 9.13. The minimum Gasteiger partial charge on any atom is -0.497 e. The number of halogens is 2. The van der Waals surface area contributed by atoms with E-state index in [9.17, 15) is 0 Å². The Balaban J connectivity index is 2.08. The number of aryl methyl sites for hydroxylation is 1. The Bertz CT molecular complexity index is 500. The number of benzene rings is 1. The number of thiophene rings is 1. The van der Waals surface area contributed by atoms with E-state index in [4.69, 9.17) is 4.74 Å². The zero-order chi connectivity index (χ0) is 13.1. The first kappa shape index (κ1) is 14.1. The molecular weight excluding hydrogens is 376 g/mol. The third-order valence-corrected chi connectivity index (χ3v) is 6.13. The molecule has 0 saturated carbocycles. The van der Waals surface area contributed by atoms with E-state index in [1.54, 1.807) is 18.4 Å². The summed E-state index contributed by atoms with van der Waals surface area (Å²) in [7, 11) is 1.69. The molecule has 1 nitrogen and oxygen atoms in total. The predicted octanol–water partition coefficient (Wildman–Crippen LogP) is 5.51. The molecule has 1 atom stereocenters. The van der Waals surface area contributed by atoms with Gasteiger partial charge >= 0.3 is 0 Å². The largest absolute Gasteiger partial charge is 0.497 e. The molecule has 0 radical (unpaired) electrons. The summed E-state index contributed by atoms with van der Waals surface area (Å²) in [6.45, 7) is 2.12. The van der Waals surface area contributed by atoms with Gasteiger partial charge in [0.2, 0.25) is 0 Å². The van der Waals surface area contributed by atoms with Crippen LogP contribution in [0.2, 0.25) is 0 Å². The number of ether oxygens (including phenoxy) is 1. The third-order valence-electron chi connectivity index (χ3n) is 2.76. The molecule has 1 unspecified atom stereocenters. The third kappa shape index (κ3) is 3.37. The lowest BCUT2D eigenvalue weighted by molar-refractivity contribution is 0.414. The van der Waals surface area contributed by atoms with Gasteiger partial charge in [0.1, 0.15) is 5.75 Å². The number of rotatable bonds is 4. The van der Waals surface area contributed by atoms with Crippen LogP contribution in [0.4, 0.5) is 0 Å². The van der Waals surface area contributed by atoms with Crippen molar-refractivity contribution in [1.82, 2.24) is 0 Å². The van der Waals surface area contributed by atoms with Gasteiger partial charge in [-0.2, -0.15) is 0 Å². The summed E-state index contributed by atoms with van der Waals surface area (Å²) in [6.07, 6.45) is 0.983. The maximum Gasteiger partial charge on any atom is 0.118 e. The maximum absolute atomic E-state index is 5.16. The van der Waals surface area contributed by atoms with E-state index in [2.05, 4.69) is 57.0 Å². The summed E-state index contributed by atoms with van der Waals surface area (Å²) in [5.41, 5.74) is 2.61. The van der Waals surface area contributed by atoms with Crippen molar-refractivity contribution in [3.8, 4) is 5.75 Å². The zero-order valence-electron chi connectivity index (χ0n) is 10.2. The van der Waals surface area contributed by atoms with Gasteiger partial charge in [-0.3, -0.25) is 0 Å². The van der Waals surface area contributed by atoms with Gasteiger partial charge in [0.05, 0.1) is 15.7 Å². The van der Waals surface area contributed by atoms with Crippen LogP contribution in [0.1, 0.15) is 20.8 Å². The number of methoxy groups -OCH3 is 1. The molecule has 0 bridgehead atoms. The van der Waals surface area contributed by atoms with Crippen LogP contribution in [0.25, 0.3) is 0 Å². The molecule has 1 heterocycles. The van der Waals surface area contributed by atoms with Crippen LogP contribution in [0.5, 0.6) is 5.75 Å². The Hall–Kier alpha value is -0.320. The molecule has 1 aromatic carbocycles. The Morgan fingerprint density at radius 2 is 1.94 bits per heavy atom. The van der Waals surface area contributed by atoms with Crippen LogP contribution in [0.15, 0.2) is 34.1 Å². The molecule has 18 heavy (non-hydrogen) atoms. The van der Waals surface area contributed by atoms with Crippen LogP contribution in [-0.4, -0.2) is 7.11 Å². The highest BCUT2D eigenvalue weighted by Crippen LogP contribution is 2.37. The van der Waals surface area contributed by atoms with E-state index in [1.807, 2.05) is 12.1 Å². The Labute approximate surface area is 128 Å². The van der Waals surface area contributed by atoms with E-state index in [1.165, 1.54) is 19.8 Å². The predicted molar refractivity (Wildman–Crippen MR) is 85.1 cm³/mol. The number of hydrogen-bond acceptors (Lipinski definition) is 2. The molecule has 0 fully saturated rings. The Morgan fingerprint density at radius 3 is 2.44 bits per heavy atom. The standard InChI is InChI=1S/C14H14Br2OS/c1-9-7-13(18-14(9)16)12(15)8-10-3-5-11(17-2)6-4-10/h3-7,12H,8H2,1-2H3. The van der Waals surface area contributed by atoms with Crippen molar-refractivity contribution in [2.45, 2.75) is 18.2 Å². The highest BCUT2D eigenvalue weighted by atomic mass is 79.9. The van der Waals surface area contributed by atoms with Crippen molar-refractivity contribution < 1.29 is 4.74 Å². The maximum atomic E-state index is 5.16. The van der Waals surface area contributed by atoms with Crippen molar-refractivity contribution in [2.75, 3.05) is 7.11 Å². The van der Waals surface area contributed by atoms with Crippen molar-refractivity contribution in [1.29, 1.82) is 0 Å². The van der Waals surface area contributed by atoms with Crippen LogP contribution < -0.4 is 4.74 Å². The summed E-state index contributed by atoms with van der Waals surface area (Å²) in [6, 6.07) is 10.5. The van der Waals surface area contributed by atoms with Gasteiger partial charge in [-0.1, -0.05) is 28.1 Å². The fraction of sp³-hybridized carbons (Fsp3) is 0.286. The number of hydrogen-bond donors (Lipinski definition) is 0. The molecular formula is C14H14Br2OS. The van der Waals surface area contributed by atoms with E-state index in [0.29, 0.717) is 4.83 Å². The van der Waals surface area contributed by atoms with E-state index in [0.717, 1.165) is 12.2 Å². The summed E-state index contributed by atoms with van der Waals surface area (Å²) in [5, 5.41) is 0. The first-order valence-corrected chi connectivity index (χ1v) is 8.15. The van der Waals surface area contributed by atoms with Gasteiger partial charge in [-0.15, -0.1) is 11.3 Å². The van der Waals surface area contributed by atoms with E-state index < -0.39 is 0 Å². The summed E-state index contributed by atoms with van der Waals surface area (Å²) in [4.78, 5) is 1.72. The van der Waals surface area contributed by atoms with Crippen LogP contribution in [0, 0.1) is 6.92 Å². The molecule has 2 rings (SSSR count). The second-order valence-electron chi connectivity index (χ2n) is 4.13. The highest BCUT2D eigenvalue weighted by molar-refractivity contribution is 9.11. The molecule has 0 aliphatic carbocycles. The SMILES string of the molecule is COc1ccc(CC(Br)c2cc(C)c(Br)s2)cc1. The lowest BCUT2D eigenvalue weighted by Gasteiger charge is -2.08. The topological polar surface area (TPSA) is 9.23 Å². The Morgan fingerprint density at radius 1 is 1.28 bits per heavy atom. The summed E-state index contributed by atoms with van der Waals surface area (Å²) in [5.74, 6) is 0.902. The lowest BCUT2D eigenvalue weighted by atomic mass is 10.1. The quantitative estimate of drug-likeness (QED) is 0.626. The molecule has 0 saturated heterocycles. The van der Waals surface area contributed by atoms with Gasteiger partial charge in [0.25, 0.3) is 0 Å². The molecule has 0 aliphatic heterocycles.